The molecule has 0 spiro atoms. The van der Waals surface area contributed by atoms with Crippen LogP contribution < -0.4 is 4.90 Å². The number of benzene rings is 1. The van der Waals surface area contributed by atoms with Crippen LogP contribution in [0.25, 0.3) is 0 Å². The largest absolute Gasteiger partial charge is 0.299 e. The number of aryl methyl sites for hydroxylation is 1. The molecule has 3 aliphatic carbocycles. The molecule has 22 heavy (non-hydrogen) atoms. The number of hydrogen-bond donors (Lipinski definition) is 0. The van der Waals surface area contributed by atoms with Crippen LogP contribution >= 0.6 is 0 Å². The third kappa shape index (κ3) is 1.59. The molecule has 1 saturated heterocycles. The predicted molar refractivity (Wildman–Crippen MR) is 76.9 cm³/mol. The van der Waals surface area contributed by atoms with E-state index in [9.17, 15) is 19.2 Å². The van der Waals surface area contributed by atoms with Crippen molar-refractivity contribution in [3.05, 3.63) is 29.8 Å². The zero-order valence-corrected chi connectivity index (χ0v) is 12.1. The standard InChI is InChI=1S/C17H15NO4/c1-8-2-4-9(5-3-8)18-16(21)14-10-6-12(19)11(7-13(10)20)15(14)17(18)22/h2-5,10-11,14-15H,6-7H2,1H3. The minimum atomic E-state index is -0.641. The molecule has 0 N–H and O–H groups in total. The Kier molecular flexibility index (Phi) is 2.64. The van der Waals surface area contributed by atoms with Crippen LogP contribution in [-0.4, -0.2) is 23.4 Å². The average molecular weight is 297 g/mol. The van der Waals surface area contributed by atoms with Crippen LogP contribution in [0.4, 0.5) is 5.69 Å². The van der Waals surface area contributed by atoms with E-state index in [1.165, 1.54) is 4.90 Å². The van der Waals surface area contributed by atoms with E-state index >= 15 is 0 Å². The summed E-state index contributed by atoms with van der Waals surface area (Å²) in [6, 6.07) is 7.13. The molecule has 5 rings (SSSR count). The van der Waals surface area contributed by atoms with Gasteiger partial charge >= 0.3 is 0 Å². The van der Waals surface area contributed by atoms with Crippen molar-refractivity contribution >= 4 is 29.1 Å². The van der Waals surface area contributed by atoms with Gasteiger partial charge in [0.2, 0.25) is 11.8 Å². The number of anilines is 1. The quantitative estimate of drug-likeness (QED) is 0.732. The molecule has 2 bridgehead atoms. The predicted octanol–water partition coefficient (Wildman–Crippen LogP) is 1.28. The Morgan fingerprint density at radius 2 is 1.27 bits per heavy atom. The molecule has 1 aromatic carbocycles. The second-order valence-electron chi connectivity index (χ2n) is 6.45. The van der Waals surface area contributed by atoms with E-state index in [0.29, 0.717) is 5.69 Å². The fraction of sp³-hybridized carbons (Fsp3) is 0.412. The van der Waals surface area contributed by atoms with Gasteiger partial charge < -0.3 is 0 Å². The van der Waals surface area contributed by atoms with Gasteiger partial charge in [-0.2, -0.15) is 0 Å². The zero-order chi connectivity index (χ0) is 15.6. The van der Waals surface area contributed by atoms with Crippen LogP contribution in [0.3, 0.4) is 0 Å². The van der Waals surface area contributed by atoms with Crippen molar-refractivity contribution in [3.8, 4) is 0 Å². The molecule has 1 heterocycles. The summed E-state index contributed by atoms with van der Waals surface area (Å²) in [6.07, 6.45) is 0.233. The molecule has 0 radical (unpaired) electrons. The molecule has 4 atom stereocenters. The summed E-state index contributed by atoms with van der Waals surface area (Å²) in [5.41, 5.74) is 1.56. The lowest BCUT2D eigenvalue weighted by atomic mass is 9.58. The Morgan fingerprint density at radius 3 is 1.73 bits per heavy atom. The SMILES string of the molecule is Cc1ccc(N2C(=O)C3C4CC(=O)C(CC4=O)C3C2=O)cc1. The maximum Gasteiger partial charge on any atom is 0.238 e. The van der Waals surface area contributed by atoms with Crippen LogP contribution in [-0.2, 0) is 19.2 Å². The van der Waals surface area contributed by atoms with Crippen molar-refractivity contribution in [2.24, 2.45) is 23.7 Å². The monoisotopic (exact) mass is 297 g/mol. The lowest BCUT2D eigenvalue weighted by Gasteiger charge is -2.40. The van der Waals surface area contributed by atoms with E-state index in [0.717, 1.165) is 5.56 Å². The molecule has 3 saturated carbocycles. The van der Waals surface area contributed by atoms with Crippen molar-refractivity contribution in [1.82, 2.24) is 0 Å². The summed E-state index contributed by atoms with van der Waals surface area (Å²) in [6.45, 7) is 1.93. The molecule has 112 valence electrons. The molecule has 5 heteroatoms. The van der Waals surface area contributed by atoms with Crippen molar-refractivity contribution in [2.75, 3.05) is 4.90 Å². The number of carbonyl (C=O) groups is 4. The number of fused-ring (bicyclic) bond motifs is 2. The summed E-state index contributed by atoms with van der Waals surface area (Å²) in [5.74, 6) is -3.22. The molecular formula is C17H15NO4. The van der Waals surface area contributed by atoms with Gasteiger partial charge in [0.1, 0.15) is 11.6 Å². The first kappa shape index (κ1) is 13.4. The number of carbonyl (C=O) groups excluding carboxylic acids is 4. The summed E-state index contributed by atoms with van der Waals surface area (Å²) in [7, 11) is 0. The molecule has 1 aliphatic heterocycles. The smallest absolute Gasteiger partial charge is 0.238 e. The minimum absolute atomic E-state index is 0.0437. The number of rotatable bonds is 1. The van der Waals surface area contributed by atoms with Gasteiger partial charge in [-0.05, 0) is 19.1 Å². The Balaban J connectivity index is 1.78. The Hall–Kier alpha value is -2.30. The van der Waals surface area contributed by atoms with E-state index in [1.807, 2.05) is 19.1 Å². The van der Waals surface area contributed by atoms with E-state index < -0.39 is 23.7 Å². The number of ketones is 2. The normalized spacial score (nSPS) is 33.6. The molecule has 0 aromatic heterocycles. The van der Waals surface area contributed by atoms with Crippen LogP contribution in [0.5, 0.6) is 0 Å². The highest BCUT2D eigenvalue weighted by Crippen LogP contribution is 2.50. The van der Waals surface area contributed by atoms with E-state index in [-0.39, 0.29) is 36.2 Å². The van der Waals surface area contributed by atoms with Gasteiger partial charge in [-0.3, -0.25) is 24.1 Å². The first-order chi connectivity index (χ1) is 10.5. The van der Waals surface area contributed by atoms with Crippen LogP contribution in [0, 0.1) is 30.6 Å². The molecule has 1 aromatic rings. The molecule has 4 unspecified atom stereocenters. The molecule has 5 nitrogen and oxygen atoms in total. The number of amides is 2. The third-order valence-electron chi connectivity index (χ3n) is 5.23. The van der Waals surface area contributed by atoms with Crippen molar-refractivity contribution in [3.63, 3.8) is 0 Å². The second-order valence-corrected chi connectivity index (χ2v) is 6.45. The first-order valence-corrected chi connectivity index (χ1v) is 7.49. The summed E-state index contributed by atoms with van der Waals surface area (Å²) in [5, 5.41) is 0. The van der Waals surface area contributed by atoms with Gasteiger partial charge in [0, 0.05) is 24.7 Å². The van der Waals surface area contributed by atoms with Gasteiger partial charge in [-0.1, -0.05) is 17.7 Å². The Morgan fingerprint density at radius 1 is 0.818 bits per heavy atom. The molecular weight excluding hydrogens is 282 g/mol. The lowest BCUT2D eigenvalue weighted by Crippen LogP contribution is -2.51. The van der Waals surface area contributed by atoms with E-state index in [2.05, 4.69) is 0 Å². The minimum Gasteiger partial charge on any atom is -0.299 e. The average Bonchev–Trinajstić information content (AvgIpc) is 2.75. The molecule has 4 fully saturated rings. The summed E-state index contributed by atoms with van der Waals surface area (Å²) >= 11 is 0. The van der Waals surface area contributed by atoms with Gasteiger partial charge in [0.25, 0.3) is 0 Å². The maximum absolute atomic E-state index is 12.7. The van der Waals surface area contributed by atoms with Crippen molar-refractivity contribution < 1.29 is 19.2 Å². The van der Waals surface area contributed by atoms with E-state index in [4.69, 9.17) is 0 Å². The highest BCUT2D eigenvalue weighted by molar-refractivity contribution is 6.25. The number of Topliss-reactive ketones (excluding diaryl/α,β-unsaturated/α-hetero) is 2. The number of nitrogens with zero attached hydrogens (tertiary/aromatic N) is 1. The second kappa shape index (κ2) is 4.35. The zero-order valence-electron chi connectivity index (χ0n) is 12.1. The number of hydrogen-bond acceptors (Lipinski definition) is 4. The van der Waals surface area contributed by atoms with Crippen LogP contribution in [0.1, 0.15) is 18.4 Å². The number of imide groups is 1. The van der Waals surface area contributed by atoms with Crippen molar-refractivity contribution in [1.29, 1.82) is 0 Å². The Bertz CT molecular complexity index is 681. The highest BCUT2D eigenvalue weighted by atomic mass is 16.2. The fourth-order valence-corrected chi connectivity index (χ4v) is 4.13. The topological polar surface area (TPSA) is 71.5 Å². The molecule has 4 aliphatic rings. The lowest BCUT2D eigenvalue weighted by molar-refractivity contribution is -0.153. The first-order valence-electron chi connectivity index (χ1n) is 7.49. The van der Waals surface area contributed by atoms with Gasteiger partial charge in [0.15, 0.2) is 0 Å². The fourth-order valence-electron chi connectivity index (χ4n) is 4.13. The third-order valence-corrected chi connectivity index (χ3v) is 5.23. The Labute approximate surface area is 127 Å². The molecule has 2 amide bonds. The van der Waals surface area contributed by atoms with Gasteiger partial charge in [-0.25, -0.2) is 0 Å². The van der Waals surface area contributed by atoms with Gasteiger partial charge in [-0.15, -0.1) is 0 Å². The summed E-state index contributed by atoms with van der Waals surface area (Å²) < 4.78 is 0. The van der Waals surface area contributed by atoms with E-state index in [1.54, 1.807) is 12.1 Å². The highest BCUT2D eigenvalue weighted by Gasteiger charge is 2.63. The van der Waals surface area contributed by atoms with Crippen LogP contribution in [0.15, 0.2) is 24.3 Å². The van der Waals surface area contributed by atoms with Gasteiger partial charge in [0.05, 0.1) is 17.5 Å². The van der Waals surface area contributed by atoms with Crippen LogP contribution in [0.2, 0.25) is 0 Å². The maximum atomic E-state index is 12.7. The summed E-state index contributed by atoms with van der Waals surface area (Å²) in [4.78, 5) is 50.7. The van der Waals surface area contributed by atoms with Crippen molar-refractivity contribution in [2.45, 2.75) is 19.8 Å².